The number of nitrogens with one attached hydrogen (secondary N) is 2. The second-order valence-electron chi connectivity index (χ2n) is 5.84. The number of benzene rings is 2. The number of carbonyl (C=O) groups is 2. The molecule has 0 aliphatic rings. The van der Waals surface area contributed by atoms with Gasteiger partial charge in [0.25, 0.3) is 11.8 Å². The van der Waals surface area contributed by atoms with Crippen molar-refractivity contribution in [3.8, 4) is 0 Å². The smallest absolute Gasteiger partial charge is 0.418 e. The Kier molecular flexibility index (Phi) is 5.86. The largest absolute Gasteiger partial charge is 0.472 e. The number of alkyl halides is 3. The van der Waals surface area contributed by atoms with Crippen LogP contribution in [0.2, 0.25) is 10.0 Å². The van der Waals surface area contributed by atoms with E-state index in [9.17, 15) is 22.8 Å². The molecular formula is C19H11Cl2F3N2O3. The Balaban J connectivity index is 1.88. The van der Waals surface area contributed by atoms with Gasteiger partial charge in [-0.3, -0.25) is 9.59 Å². The molecule has 0 bridgehead atoms. The summed E-state index contributed by atoms with van der Waals surface area (Å²) in [5.74, 6) is -1.47. The first-order valence-electron chi connectivity index (χ1n) is 7.96. The lowest BCUT2D eigenvalue weighted by Crippen LogP contribution is -2.18. The lowest BCUT2D eigenvalue weighted by atomic mass is 10.1. The molecule has 29 heavy (non-hydrogen) atoms. The summed E-state index contributed by atoms with van der Waals surface area (Å²) in [4.78, 5) is 24.3. The van der Waals surface area contributed by atoms with Crippen molar-refractivity contribution in [2.45, 2.75) is 6.18 Å². The summed E-state index contributed by atoms with van der Waals surface area (Å²) in [6.45, 7) is 0. The van der Waals surface area contributed by atoms with Gasteiger partial charge in [0.05, 0.1) is 23.1 Å². The summed E-state index contributed by atoms with van der Waals surface area (Å²) < 4.78 is 45.3. The normalized spacial score (nSPS) is 11.2. The van der Waals surface area contributed by atoms with Gasteiger partial charge in [-0.15, -0.1) is 0 Å². The number of hydrogen-bond donors (Lipinski definition) is 2. The average Bonchev–Trinajstić information content (AvgIpc) is 3.16. The fourth-order valence-corrected chi connectivity index (χ4v) is 2.97. The Labute approximate surface area is 172 Å². The second kappa shape index (κ2) is 8.18. The predicted molar refractivity (Wildman–Crippen MR) is 103 cm³/mol. The lowest BCUT2D eigenvalue weighted by molar-refractivity contribution is -0.136. The van der Waals surface area contributed by atoms with Crippen molar-refractivity contribution in [2.75, 3.05) is 10.6 Å². The van der Waals surface area contributed by atoms with Gasteiger partial charge in [0, 0.05) is 21.3 Å². The molecular weight excluding hydrogens is 432 g/mol. The first-order chi connectivity index (χ1) is 13.6. The van der Waals surface area contributed by atoms with Crippen LogP contribution in [0.1, 0.15) is 26.3 Å². The van der Waals surface area contributed by atoms with Crippen LogP contribution in [0, 0.1) is 0 Å². The third-order valence-electron chi connectivity index (χ3n) is 3.74. The maximum absolute atomic E-state index is 13.5. The standard InChI is InChI=1S/C19H11Cl2F3N2O3/c20-12-5-11(6-13(21)7-12)18(28)26-16-2-1-14(8-15(16)19(22,23)24)25-17(27)10-3-4-29-9-10/h1-9H,(H,25,27)(H,26,28). The molecule has 5 nitrogen and oxygen atoms in total. The molecule has 0 atom stereocenters. The molecule has 2 aromatic carbocycles. The first-order valence-corrected chi connectivity index (χ1v) is 8.71. The highest BCUT2D eigenvalue weighted by atomic mass is 35.5. The zero-order chi connectivity index (χ0) is 21.2. The van der Waals surface area contributed by atoms with Crippen molar-refractivity contribution < 1.29 is 27.2 Å². The van der Waals surface area contributed by atoms with Crippen molar-refractivity contribution >= 4 is 46.4 Å². The monoisotopic (exact) mass is 442 g/mol. The zero-order valence-electron chi connectivity index (χ0n) is 14.3. The van der Waals surface area contributed by atoms with E-state index in [0.29, 0.717) is 0 Å². The molecule has 0 aliphatic carbocycles. The minimum Gasteiger partial charge on any atom is -0.472 e. The fraction of sp³-hybridized carbons (Fsp3) is 0.0526. The molecule has 2 amide bonds. The van der Waals surface area contributed by atoms with E-state index < -0.39 is 29.2 Å². The van der Waals surface area contributed by atoms with Gasteiger partial charge in [-0.25, -0.2) is 0 Å². The molecule has 0 unspecified atom stereocenters. The third kappa shape index (κ3) is 5.10. The van der Waals surface area contributed by atoms with Crippen LogP contribution in [0.5, 0.6) is 0 Å². The van der Waals surface area contributed by atoms with Crippen LogP contribution < -0.4 is 10.6 Å². The van der Waals surface area contributed by atoms with Crippen molar-refractivity contribution in [3.63, 3.8) is 0 Å². The highest BCUT2D eigenvalue weighted by molar-refractivity contribution is 6.35. The van der Waals surface area contributed by atoms with Crippen LogP contribution in [-0.2, 0) is 6.18 Å². The SMILES string of the molecule is O=C(Nc1ccc(NC(=O)c2cc(Cl)cc(Cl)c2)c(C(F)(F)F)c1)c1ccoc1. The van der Waals surface area contributed by atoms with E-state index in [0.717, 1.165) is 18.4 Å². The molecule has 1 aromatic heterocycles. The van der Waals surface area contributed by atoms with Gasteiger partial charge in [-0.2, -0.15) is 13.2 Å². The van der Waals surface area contributed by atoms with E-state index in [-0.39, 0.29) is 26.9 Å². The number of halogens is 5. The van der Waals surface area contributed by atoms with E-state index >= 15 is 0 Å². The maximum atomic E-state index is 13.5. The summed E-state index contributed by atoms with van der Waals surface area (Å²) in [7, 11) is 0. The van der Waals surface area contributed by atoms with Crippen LogP contribution in [0.15, 0.2) is 59.4 Å². The first kappa shape index (κ1) is 20.8. The number of amides is 2. The topological polar surface area (TPSA) is 71.3 Å². The van der Waals surface area contributed by atoms with Crippen LogP contribution >= 0.6 is 23.2 Å². The van der Waals surface area contributed by atoms with E-state index in [1.165, 1.54) is 36.6 Å². The Morgan fingerprint density at radius 2 is 1.52 bits per heavy atom. The molecule has 0 spiro atoms. The quantitative estimate of drug-likeness (QED) is 0.511. The molecule has 150 valence electrons. The molecule has 0 saturated carbocycles. The van der Waals surface area contributed by atoms with Crippen molar-refractivity contribution in [1.82, 2.24) is 0 Å². The zero-order valence-corrected chi connectivity index (χ0v) is 15.8. The van der Waals surface area contributed by atoms with Gasteiger partial charge >= 0.3 is 6.18 Å². The Hall–Kier alpha value is -2.97. The van der Waals surface area contributed by atoms with Crippen LogP contribution in [0.4, 0.5) is 24.5 Å². The minimum absolute atomic E-state index is 0.00652. The summed E-state index contributed by atoms with van der Waals surface area (Å²) in [5, 5.41) is 4.86. The third-order valence-corrected chi connectivity index (χ3v) is 4.18. The maximum Gasteiger partial charge on any atom is 0.418 e. The Morgan fingerprint density at radius 1 is 0.862 bits per heavy atom. The molecule has 0 fully saturated rings. The lowest BCUT2D eigenvalue weighted by Gasteiger charge is -2.16. The van der Waals surface area contributed by atoms with Crippen molar-refractivity contribution in [2.24, 2.45) is 0 Å². The highest BCUT2D eigenvalue weighted by Gasteiger charge is 2.34. The fourth-order valence-electron chi connectivity index (χ4n) is 2.44. The van der Waals surface area contributed by atoms with E-state index in [2.05, 4.69) is 10.6 Å². The summed E-state index contributed by atoms with van der Waals surface area (Å²) in [6, 6.07) is 8.29. The van der Waals surface area contributed by atoms with Gasteiger partial charge in [-0.05, 0) is 42.5 Å². The van der Waals surface area contributed by atoms with Gasteiger partial charge in [-0.1, -0.05) is 23.2 Å². The average molecular weight is 443 g/mol. The van der Waals surface area contributed by atoms with Gasteiger partial charge in [0.1, 0.15) is 6.26 Å². The summed E-state index contributed by atoms with van der Waals surface area (Å²) >= 11 is 11.6. The summed E-state index contributed by atoms with van der Waals surface area (Å²) in [5.41, 5.74) is -1.59. The highest BCUT2D eigenvalue weighted by Crippen LogP contribution is 2.37. The molecule has 3 aromatic rings. The van der Waals surface area contributed by atoms with E-state index in [1.807, 2.05) is 0 Å². The molecule has 10 heteroatoms. The predicted octanol–water partition coefficient (Wildman–Crippen LogP) is 6.11. The van der Waals surface area contributed by atoms with Crippen LogP contribution in [0.25, 0.3) is 0 Å². The van der Waals surface area contributed by atoms with E-state index in [4.69, 9.17) is 27.6 Å². The Bertz CT molecular complexity index is 1050. The number of furan rings is 1. The number of rotatable bonds is 4. The number of hydrogen-bond acceptors (Lipinski definition) is 3. The molecule has 0 saturated heterocycles. The second-order valence-corrected chi connectivity index (χ2v) is 6.71. The Morgan fingerprint density at radius 3 is 2.10 bits per heavy atom. The van der Waals surface area contributed by atoms with Crippen LogP contribution in [-0.4, -0.2) is 11.8 Å². The van der Waals surface area contributed by atoms with E-state index in [1.54, 1.807) is 0 Å². The number of anilines is 2. The van der Waals surface area contributed by atoms with Gasteiger partial charge < -0.3 is 15.1 Å². The minimum atomic E-state index is -4.79. The van der Waals surface area contributed by atoms with Crippen molar-refractivity contribution in [3.05, 3.63) is 81.7 Å². The summed E-state index contributed by atoms with van der Waals surface area (Å²) in [6.07, 6.45) is -2.37. The molecule has 2 N–H and O–H groups in total. The van der Waals surface area contributed by atoms with Gasteiger partial charge in [0.2, 0.25) is 0 Å². The molecule has 1 heterocycles. The van der Waals surface area contributed by atoms with Crippen LogP contribution in [0.3, 0.4) is 0 Å². The molecule has 0 radical (unpaired) electrons. The molecule has 0 aliphatic heterocycles. The number of carbonyl (C=O) groups excluding carboxylic acids is 2. The van der Waals surface area contributed by atoms with Gasteiger partial charge in [0.15, 0.2) is 0 Å². The van der Waals surface area contributed by atoms with Crippen molar-refractivity contribution in [1.29, 1.82) is 0 Å². The molecule has 3 rings (SSSR count).